The average molecular weight is 642 g/mol. The molecule has 0 saturated heterocycles. The van der Waals surface area contributed by atoms with E-state index in [0.717, 1.165) is 11.3 Å². The van der Waals surface area contributed by atoms with Gasteiger partial charge in [0.2, 0.25) is 0 Å². The summed E-state index contributed by atoms with van der Waals surface area (Å²) < 4.78 is 18.7. The lowest BCUT2D eigenvalue weighted by Gasteiger charge is -2.25. The standard InChI is InChI=1S/C33H24ClN3O7S/c1-3-43-32(39)28-29(19-7-5-4-6-8-19)35-33-36(30(28)20-9-11-21(34)12-10-20)31(38)27(45-33)18-23-14-16-25(44-23)24-15-13-22(37(40)41)17-26(24)42-2/h4-18,30H,3H2,1-2H3/b27-18-/t30-/m0/s1. The number of hydrogen-bond acceptors (Lipinski definition) is 9. The van der Waals surface area contributed by atoms with Gasteiger partial charge in [0.25, 0.3) is 11.2 Å². The van der Waals surface area contributed by atoms with Crippen LogP contribution in [-0.4, -0.2) is 29.2 Å². The fourth-order valence-corrected chi connectivity index (χ4v) is 6.21. The molecule has 0 bridgehead atoms. The second-order valence-corrected chi connectivity index (χ2v) is 11.3. The number of esters is 1. The number of aromatic nitrogens is 1. The molecule has 226 valence electrons. The Balaban J connectivity index is 1.52. The molecule has 1 aliphatic rings. The van der Waals surface area contributed by atoms with E-state index < -0.39 is 16.9 Å². The summed E-state index contributed by atoms with van der Waals surface area (Å²) in [5, 5.41) is 11.7. The van der Waals surface area contributed by atoms with E-state index in [1.807, 2.05) is 30.3 Å². The van der Waals surface area contributed by atoms with E-state index in [2.05, 4.69) is 0 Å². The summed E-state index contributed by atoms with van der Waals surface area (Å²) in [5.41, 5.74) is 2.02. The number of benzene rings is 3. The fourth-order valence-electron chi connectivity index (χ4n) is 5.10. The molecule has 12 heteroatoms. The first-order valence-electron chi connectivity index (χ1n) is 13.8. The minimum Gasteiger partial charge on any atom is -0.496 e. The van der Waals surface area contributed by atoms with Crippen LogP contribution in [0.25, 0.3) is 23.1 Å². The van der Waals surface area contributed by atoms with Crippen molar-refractivity contribution < 1.29 is 23.6 Å². The van der Waals surface area contributed by atoms with Crippen molar-refractivity contribution in [1.29, 1.82) is 0 Å². The van der Waals surface area contributed by atoms with Crippen molar-refractivity contribution in [3.05, 3.63) is 142 Å². The topological polar surface area (TPSA) is 126 Å². The number of nitro groups is 1. The van der Waals surface area contributed by atoms with E-state index in [9.17, 15) is 19.7 Å². The molecule has 0 aliphatic carbocycles. The van der Waals surface area contributed by atoms with Crippen molar-refractivity contribution >= 4 is 46.4 Å². The number of rotatable bonds is 8. The smallest absolute Gasteiger partial charge is 0.338 e. The van der Waals surface area contributed by atoms with Crippen LogP contribution in [0, 0.1) is 10.1 Å². The highest BCUT2D eigenvalue weighted by Crippen LogP contribution is 2.36. The van der Waals surface area contributed by atoms with Gasteiger partial charge in [-0.25, -0.2) is 9.79 Å². The molecule has 0 unspecified atom stereocenters. The lowest BCUT2D eigenvalue weighted by molar-refractivity contribution is -0.384. The zero-order valence-electron chi connectivity index (χ0n) is 23.9. The number of methoxy groups -OCH3 is 1. The first-order valence-corrected chi connectivity index (χ1v) is 14.9. The van der Waals surface area contributed by atoms with Crippen LogP contribution in [0.1, 0.15) is 29.9 Å². The minimum absolute atomic E-state index is 0.115. The van der Waals surface area contributed by atoms with Crippen molar-refractivity contribution in [3.8, 4) is 17.1 Å². The molecule has 0 fully saturated rings. The number of carbonyl (C=O) groups excluding carboxylic acids is 1. The summed E-state index contributed by atoms with van der Waals surface area (Å²) in [4.78, 5) is 43.5. The van der Waals surface area contributed by atoms with Gasteiger partial charge in [-0.05, 0) is 42.8 Å². The largest absolute Gasteiger partial charge is 0.496 e. The van der Waals surface area contributed by atoms with Gasteiger partial charge in [-0.15, -0.1) is 0 Å². The number of thiazole rings is 1. The Kier molecular flexibility index (Phi) is 8.20. The van der Waals surface area contributed by atoms with Gasteiger partial charge in [-0.3, -0.25) is 19.5 Å². The zero-order chi connectivity index (χ0) is 31.7. The first kappa shape index (κ1) is 29.8. The van der Waals surface area contributed by atoms with E-state index in [1.54, 1.807) is 55.5 Å². The monoisotopic (exact) mass is 641 g/mol. The second kappa shape index (κ2) is 12.4. The number of carbonyl (C=O) groups is 1. The molecular formula is C33H24ClN3O7S. The third-order valence-corrected chi connectivity index (χ3v) is 8.36. The molecule has 1 atom stereocenters. The molecule has 45 heavy (non-hydrogen) atoms. The Bertz CT molecular complexity index is 2150. The van der Waals surface area contributed by atoms with E-state index in [-0.39, 0.29) is 29.2 Å². The maximum Gasteiger partial charge on any atom is 0.338 e. The summed E-state index contributed by atoms with van der Waals surface area (Å²) in [5.74, 6) is 0.455. The number of hydrogen-bond donors (Lipinski definition) is 0. The molecule has 1 aliphatic heterocycles. The van der Waals surface area contributed by atoms with Crippen molar-refractivity contribution in [2.45, 2.75) is 13.0 Å². The molecule has 6 rings (SSSR count). The Morgan fingerprint density at radius 1 is 1.11 bits per heavy atom. The number of nitrogens with zero attached hydrogens (tertiary/aromatic N) is 3. The highest BCUT2D eigenvalue weighted by atomic mass is 35.5. The molecule has 2 aromatic heterocycles. The maximum atomic E-state index is 14.1. The summed E-state index contributed by atoms with van der Waals surface area (Å²) >= 11 is 7.35. The van der Waals surface area contributed by atoms with E-state index in [4.69, 9.17) is 30.5 Å². The fraction of sp³-hybridized carbons (Fsp3) is 0.121. The molecule has 3 aromatic carbocycles. The van der Waals surface area contributed by atoms with Gasteiger partial charge in [0.1, 0.15) is 17.3 Å². The summed E-state index contributed by atoms with van der Waals surface area (Å²) in [6.07, 6.45) is 1.60. The minimum atomic E-state index is -0.841. The van der Waals surface area contributed by atoms with Gasteiger partial charge in [0.15, 0.2) is 4.80 Å². The van der Waals surface area contributed by atoms with Gasteiger partial charge in [0.05, 0.1) is 52.1 Å². The molecule has 10 nitrogen and oxygen atoms in total. The van der Waals surface area contributed by atoms with Gasteiger partial charge in [-0.1, -0.05) is 65.4 Å². The van der Waals surface area contributed by atoms with Gasteiger partial charge < -0.3 is 13.9 Å². The molecule has 0 radical (unpaired) electrons. The SMILES string of the molecule is CCOC(=O)C1=C(c2ccccc2)N=c2s/c(=C\c3ccc(-c4ccc([N+](=O)[O-])cc4OC)o3)c(=O)n2[C@H]1c1ccc(Cl)cc1. The molecule has 0 N–H and O–H groups in total. The zero-order valence-corrected chi connectivity index (χ0v) is 25.5. The van der Waals surface area contributed by atoms with Crippen LogP contribution < -0.4 is 19.6 Å². The third kappa shape index (κ3) is 5.70. The van der Waals surface area contributed by atoms with E-state index in [0.29, 0.717) is 48.3 Å². The second-order valence-electron chi connectivity index (χ2n) is 9.83. The highest BCUT2D eigenvalue weighted by Gasteiger charge is 2.35. The van der Waals surface area contributed by atoms with Gasteiger partial charge in [-0.2, -0.15) is 0 Å². The molecule has 0 spiro atoms. The molecule has 0 amide bonds. The Labute approximate surface area is 264 Å². The highest BCUT2D eigenvalue weighted by molar-refractivity contribution is 7.07. The first-order chi connectivity index (χ1) is 21.8. The lowest BCUT2D eigenvalue weighted by atomic mass is 9.93. The van der Waals surface area contributed by atoms with Crippen LogP contribution >= 0.6 is 22.9 Å². The number of nitro benzene ring substituents is 1. The predicted octanol–water partition coefficient (Wildman–Crippen LogP) is 5.77. The average Bonchev–Trinajstić information content (AvgIpc) is 3.64. The van der Waals surface area contributed by atoms with Crippen LogP contribution in [0.15, 0.2) is 105 Å². The van der Waals surface area contributed by atoms with Crippen LogP contribution in [0.2, 0.25) is 5.02 Å². The molecule has 5 aromatic rings. The maximum absolute atomic E-state index is 14.1. The quantitative estimate of drug-likeness (QED) is 0.120. The third-order valence-electron chi connectivity index (χ3n) is 7.12. The Hall–Kier alpha value is -5.26. The number of furan rings is 1. The van der Waals surface area contributed by atoms with Gasteiger partial charge >= 0.3 is 5.97 Å². The predicted molar refractivity (Wildman–Crippen MR) is 170 cm³/mol. The van der Waals surface area contributed by atoms with Crippen LogP contribution in [0.5, 0.6) is 5.75 Å². The summed E-state index contributed by atoms with van der Waals surface area (Å²) in [6, 6.07) is 23.0. The van der Waals surface area contributed by atoms with Crippen molar-refractivity contribution in [2.24, 2.45) is 4.99 Å². The van der Waals surface area contributed by atoms with E-state index >= 15 is 0 Å². The van der Waals surface area contributed by atoms with Crippen LogP contribution in [0.3, 0.4) is 0 Å². The normalized spacial score (nSPS) is 14.6. The summed E-state index contributed by atoms with van der Waals surface area (Å²) in [6.45, 7) is 1.86. The number of halogens is 1. The Morgan fingerprint density at radius 2 is 1.87 bits per heavy atom. The summed E-state index contributed by atoms with van der Waals surface area (Å²) in [7, 11) is 1.42. The van der Waals surface area contributed by atoms with Gasteiger partial charge in [0, 0.05) is 22.7 Å². The Morgan fingerprint density at radius 3 is 2.56 bits per heavy atom. The number of ether oxygens (including phenoxy) is 2. The van der Waals surface area contributed by atoms with Crippen molar-refractivity contribution in [2.75, 3.05) is 13.7 Å². The van der Waals surface area contributed by atoms with E-state index in [1.165, 1.54) is 23.8 Å². The van der Waals surface area contributed by atoms with Crippen LogP contribution in [0.4, 0.5) is 5.69 Å². The number of non-ortho nitro benzene ring substituents is 1. The molecule has 3 heterocycles. The lowest BCUT2D eigenvalue weighted by Crippen LogP contribution is -2.39. The number of fused-ring (bicyclic) bond motifs is 1. The van der Waals surface area contributed by atoms with Crippen molar-refractivity contribution in [1.82, 2.24) is 4.57 Å². The van der Waals surface area contributed by atoms with Crippen molar-refractivity contribution in [3.63, 3.8) is 0 Å². The molecular weight excluding hydrogens is 618 g/mol. The molecule has 0 saturated carbocycles. The van der Waals surface area contributed by atoms with Crippen LogP contribution in [-0.2, 0) is 9.53 Å².